The van der Waals surface area contributed by atoms with Crippen LogP contribution >= 0.6 is 46.7 Å². The van der Waals surface area contributed by atoms with Crippen LogP contribution in [-0.4, -0.2) is 55.9 Å². The summed E-state index contributed by atoms with van der Waals surface area (Å²) in [5.41, 5.74) is 1.82. The maximum Gasteiger partial charge on any atom is 0.265 e. The molecule has 35 heavy (non-hydrogen) atoms. The van der Waals surface area contributed by atoms with Gasteiger partial charge < -0.3 is 4.90 Å². The molecule has 2 aliphatic heterocycles. The van der Waals surface area contributed by atoms with E-state index in [4.69, 9.17) is 32.3 Å². The minimum absolute atomic E-state index is 0.110. The van der Waals surface area contributed by atoms with Crippen molar-refractivity contribution in [1.29, 1.82) is 0 Å². The van der Waals surface area contributed by atoms with Crippen LogP contribution in [0.3, 0.4) is 0 Å². The molecule has 0 bridgehead atoms. The van der Waals surface area contributed by atoms with E-state index in [2.05, 4.69) is 6.08 Å². The van der Waals surface area contributed by atoms with E-state index >= 15 is 0 Å². The molecule has 14 heteroatoms. The van der Waals surface area contributed by atoms with Crippen molar-refractivity contribution in [3.05, 3.63) is 57.5 Å². The first-order chi connectivity index (χ1) is 16.4. The minimum Gasteiger partial charge on any atom is -0.335 e. The fourth-order valence-electron chi connectivity index (χ4n) is 4.04. The van der Waals surface area contributed by atoms with Crippen LogP contribution in [0.15, 0.2) is 57.3 Å². The molecule has 4 rings (SSSR count). The van der Waals surface area contributed by atoms with E-state index in [0.29, 0.717) is 23.1 Å². The molecule has 0 spiro atoms. The summed E-state index contributed by atoms with van der Waals surface area (Å²) in [6.07, 6.45) is 2.57. The molecule has 0 aromatic heterocycles. The molecule has 8 nitrogen and oxygen atoms in total. The van der Waals surface area contributed by atoms with Gasteiger partial charge >= 0.3 is 0 Å². The Morgan fingerprint density at radius 2 is 1.57 bits per heavy atom. The average molecular weight is 599 g/mol. The molecule has 3 N–H and O–H groups in total. The van der Waals surface area contributed by atoms with E-state index in [1.165, 1.54) is 11.8 Å². The van der Waals surface area contributed by atoms with Gasteiger partial charge in [0.1, 0.15) is 5.69 Å². The number of anilines is 1. The van der Waals surface area contributed by atoms with Gasteiger partial charge in [-0.2, -0.15) is 16.8 Å². The second-order valence-electron chi connectivity index (χ2n) is 8.10. The molecule has 2 aromatic rings. The zero-order valence-electron chi connectivity index (χ0n) is 18.2. The standard InChI is InChI=1S/C21H22Cl2N2O6S4/c22-14-3-5-18-16(11-14)24(7-1-9-34(26,27)28)20(32-18)13-21-25(8-2-10-35(29,30)31)17-12-15(23)4-6-19(17)33-21/h3-6,11-13,20H,1-2,7-10H2,(H,26,27,28)(H,29,30,31)/p+1. The Hall–Kier alpha value is -0.960. The lowest BCUT2D eigenvalue weighted by Gasteiger charge is -2.23. The van der Waals surface area contributed by atoms with Crippen LogP contribution in [0, 0.1) is 0 Å². The van der Waals surface area contributed by atoms with Crippen LogP contribution < -0.4 is 9.80 Å². The third-order valence-corrected chi connectivity index (χ3v) is 10.00. The van der Waals surface area contributed by atoms with E-state index in [0.717, 1.165) is 31.1 Å². The van der Waals surface area contributed by atoms with E-state index in [1.807, 2.05) is 35.2 Å². The molecule has 0 aliphatic carbocycles. The van der Waals surface area contributed by atoms with Gasteiger partial charge in [-0.05, 0) is 36.8 Å². The predicted molar refractivity (Wildman–Crippen MR) is 141 cm³/mol. The van der Waals surface area contributed by atoms with Crippen LogP contribution in [-0.2, 0) is 20.2 Å². The number of fused-ring (bicyclic) bond motifs is 2. The van der Waals surface area contributed by atoms with Crippen molar-refractivity contribution in [2.45, 2.75) is 28.0 Å². The topological polar surface area (TPSA) is 116 Å². The van der Waals surface area contributed by atoms with Crippen LogP contribution in [0.2, 0.25) is 10.0 Å². The van der Waals surface area contributed by atoms with Gasteiger partial charge in [-0.1, -0.05) is 46.7 Å². The predicted octanol–water partition coefficient (Wildman–Crippen LogP) is 3.95. The van der Waals surface area contributed by atoms with Gasteiger partial charge in [0.25, 0.3) is 20.2 Å². The third kappa shape index (κ3) is 7.08. The van der Waals surface area contributed by atoms with Crippen LogP contribution in [0.4, 0.5) is 11.4 Å². The Bertz CT molecular complexity index is 1370. The van der Waals surface area contributed by atoms with Crippen LogP contribution in [0.25, 0.3) is 0 Å². The highest BCUT2D eigenvalue weighted by Crippen LogP contribution is 2.48. The molecular formula is C21H23Cl2N2O6S4+. The lowest BCUT2D eigenvalue weighted by atomic mass is 10.2. The van der Waals surface area contributed by atoms with Crippen molar-refractivity contribution in [2.75, 3.05) is 29.5 Å². The van der Waals surface area contributed by atoms with Crippen molar-refractivity contribution in [3.63, 3.8) is 0 Å². The first kappa shape index (κ1) is 27.1. The summed E-state index contributed by atoms with van der Waals surface area (Å²) < 4.78 is 63.3. The van der Waals surface area contributed by atoms with Gasteiger partial charge in [0.2, 0.25) is 0 Å². The summed E-state index contributed by atoms with van der Waals surface area (Å²) in [5, 5.41) is 1.91. The third-order valence-electron chi connectivity index (χ3n) is 5.50. The second-order valence-corrected chi connectivity index (χ2v) is 14.4. The van der Waals surface area contributed by atoms with Crippen molar-refractivity contribution >= 4 is 78.3 Å². The molecule has 0 radical (unpaired) electrons. The van der Waals surface area contributed by atoms with Crippen molar-refractivity contribution < 1.29 is 30.8 Å². The molecule has 0 saturated carbocycles. The van der Waals surface area contributed by atoms with E-state index in [1.54, 1.807) is 17.8 Å². The monoisotopic (exact) mass is 597 g/mol. The Kier molecular flexibility index (Phi) is 8.36. The number of nitrogens with one attached hydrogen (secondary N) is 1. The quantitative estimate of drug-likeness (QED) is 0.369. The molecule has 0 fully saturated rings. The highest BCUT2D eigenvalue weighted by atomic mass is 35.5. The fraction of sp³-hybridized carbons (Fsp3) is 0.333. The zero-order chi connectivity index (χ0) is 25.4. The van der Waals surface area contributed by atoms with Crippen LogP contribution in [0.5, 0.6) is 0 Å². The molecule has 2 atom stereocenters. The molecule has 0 amide bonds. The number of halogens is 2. The van der Waals surface area contributed by atoms with Gasteiger partial charge in [-0.25, -0.2) is 0 Å². The number of quaternary nitrogens is 1. The number of thioether (sulfide) groups is 2. The maximum atomic E-state index is 11.3. The number of hydrogen-bond donors (Lipinski definition) is 3. The molecule has 2 unspecified atom stereocenters. The Morgan fingerprint density at radius 1 is 0.943 bits per heavy atom. The van der Waals surface area contributed by atoms with E-state index in [-0.39, 0.29) is 29.7 Å². The first-order valence-corrected chi connectivity index (χ1v) is 16.3. The summed E-state index contributed by atoms with van der Waals surface area (Å²) in [6.45, 7) is 0.820. The first-order valence-electron chi connectivity index (χ1n) is 10.6. The molecule has 2 aliphatic rings. The summed E-state index contributed by atoms with van der Waals surface area (Å²) in [4.78, 5) is 5.00. The summed E-state index contributed by atoms with van der Waals surface area (Å²) in [7, 11) is -8.15. The second kappa shape index (κ2) is 10.8. The zero-order valence-corrected chi connectivity index (χ0v) is 23.0. The Balaban J connectivity index is 1.63. The number of rotatable bonds is 9. The largest absolute Gasteiger partial charge is 0.335 e. The SMILES string of the molecule is O=S(=O)(O)CCCN1C(=CC2Sc3ccc(Cl)cc3[NH+]2CCCS(=O)(=O)O)Sc2ccc(Cl)cc21. The fourth-order valence-corrected chi connectivity index (χ4v) is 7.92. The van der Waals surface area contributed by atoms with Crippen molar-refractivity contribution in [2.24, 2.45) is 0 Å². The van der Waals surface area contributed by atoms with E-state index in [9.17, 15) is 16.8 Å². The normalized spacial score (nSPS) is 20.9. The van der Waals surface area contributed by atoms with Gasteiger partial charge in [0.05, 0.1) is 33.7 Å². The molecular weight excluding hydrogens is 575 g/mol. The van der Waals surface area contributed by atoms with Crippen molar-refractivity contribution in [1.82, 2.24) is 0 Å². The summed E-state index contributed by atoms with van der Waals surface area (Å²) in [5.74, 6) is -0.687. The average Bonchev–Trinajstić information content (AvgIpc) is 3.24. The highest BCUT2D eigenvalue weighted by Gasteiger charge is 2.37. The molecule has 0 saturated heterocycles. The molecule has 2 heterocycles. The van der Waals surface area contributed by atoms with E-state index < -0.39 is 20.2 Å². The number of benzene rings is 2. The number of hydrogen-bond acceptors (Lipinski definition) is 7. The van der Waals surface area contributed by atoms with Crippen molar-refractivity contribution in [3.8, 4) is 0 Å². The molecule has 190 valence electrons. The van der Waals surface area contributed by atoms with Gasteiger partial charge in [-0.3, -0.25) is 14.0 Å². The smallest absolute Gasteiger partial charge is 0.265 e. The van der Waals surface area contributed by atoms with Gasteiger partial charge in [0.15, 0.2) is 5.37 Å². The lowest BCUT2D eigenvalue weighted by Crippen LogP contribution is -3.09. The summed E-state index contributed by atoms with van der Waals surface area (Å²) in [6, 6.07) is 11.1. The minimum atomic E-state index is -4.08. The Morgan fingerprint density at radius 3 is 2.26 bits per heavy atom. The van der Waals surface area contributed by atoms with Gasteiger partial charge in [0, 0.05) is 40.0 Å². The highest BCUT2D eigenvalue weighted by molar-refractivity contribution is 8.04. The van der Waals surface area contributed by atoms with Gasteiger partial charge in [-0.15, -0.1) is 0 Å². The summed E-state index contributed by atoms with van der Waals surface area (Å²) >= 11 is 15.6. The lowest BCUT2D eigenvalue weighted by molar-refractivity contribution is -0.835. The molecule has 2 aromatic carbocycles. The van der Waals surface area contributed by atoms with Crippen LogP contribution in [0.1, 0.15) is 12.8 Å². The number of nitrogens with zero attached hydrogens (tertiary/aromatic N) is 1. The maximum absolute atomic E-state index is 11.3. The Labute approximate surface area is 223 Å².